The quantitative estimate of drug-likeness (QED) is 0.755. The highest BCUT2D eigenvalue weighted by Gasteiger charge is 2.14. The Morgan fingerprint density at radius 3 is 2.20 bits per heavy atom. The van der Waals surface area contributed by atoms with E-state index in [1.54, 1.807) is 24.3 Å². The zero-order valence-corrected chi connectivity index (χ0v) is 14.9. The second-order valence-corrected chi connectivity index (χ2v) is 5.60. The van der Waals surface area contributed by atoms with Crippen molar-refractivity contribution in [1.29, 1.82) is 0 Å². The normalized spacial score (nSPS) is 10.2. The third kappa shape index (κ3) is 4.59. The van der Waals surface area contributed by atoms with E-state index in [-0.39, 0.29) is 12.5 Å². The number of ether oxygens (including phenoxy) is 1. The molecule has 1 amide bonds. The van der Waals surface area contributed by atoms with E-state index in [9.17, 15) is 9.59 Å². The minimum absolute atomic E-state index is 0.125. The van der Waals surface area contributed by atoms with Crippen LogP contribution in [-0.2, 0) is 22.4 Å². The number of amides is 1. The van der Waals surface area contributed by atoms with Crippen LogP contribution in [0.1, 0.15) is 35.3 Å². The number of rotatable bonds is 7. The Labute approximate surface area is 148 Å². The van der Waals surface area contributed by atoms with Gasteiger partial charge in [-0.25, -0.2) is 4.79 Å². The Morgan fingerprint density at radius 1 is 0.960 bits per heavy atom. The molecular formula is C20H24N2O3. The Bertz CT molecular complexity index is 734. The molecule has 2 N–H and O–H groups in total. The molecule has 2 aromatic rings. The van der Waals surface area contributed by atoms with E-state index < -0.39 is 5.97 Å². The van der Waals surface area contributed by atoms with E-state index in [4.69, 9.17) is 4.74 Å². The number of nitrogens with one attached hydrogen (secondary N) is 2. The molecular weight excluding hydrogens is 316 g/mol. The van der Waals surface area contributed by atoms with Crippen molar-refractivity contribution < 1.29 is 14.3 Å². The number of aryl methyl sites for hydroxylation is 2. The molecule has 25 heavy (non-hydrogen) atoms. The minimum Gasteiger partial charge on any atom is -0.465 e. The zero-order chi connectivity index (χ0) is 18.2. The highest BCUT2D eigenvalue weighted by Crippen LogP contribution is 2.22. The number of methoxy groups -OCH3 is 1. The van der Waals surface area contributed by atoms with Gasteiger partial charge in [-0.2, -0.15) is 0 Å². The molecule has 0 radical (unpaired) electrons. The van der Waals surface area contributed by atoms with Gasteiger partial charge in [-0.15, -0.1) is 0 Å². The molecule has 0 spiro atoms. The average molecular weight is 340 g/mol. The summed E-state index contributed by atoms with van der Waals surface area (Å²) >= 11 is 0. The minimum atomic E-state index is -0.478. The van der Waals surface area contributed by atoms with Crippen molar-refractivity contribution in [2.75, 3.05) is 24.3 Å². The van der Waals surface area contributed by atoms with Crippen molar-refractivity contribution in [3.63, 3.8) is 0 Å². The number of para-hydroxylation sites is 2. The van der Waals surface area contributed by atoms with Gasteiger partial charge in [0.05, 0.1) is 24.9 Å². The first kappa shape index (κ1) is 18.5. The smallest absolute Gasteiger partial charge is 0.339 e. The van der Waals surface area contributed by atoms with Crippen LogP contribution in [0.15, 0.2) is 42.5 Å². The zero-order valence-electron chi connectivity index (χ0n) is 14.9. The maximum Gasteiger partial charge on any atom is 0.339 e. The predicted octanol–water partition coefficient (Wildman–Crippen LogP) is 3.65. The highest BCUT2D eigenvalue weighted by atomic mass is 16.5. The van der Waals surface area contributed by atoms with Gasteiger partial charge < -0.3 is 15.4 Å². The molecule has 5 heteroatoms. The van der Waals surface area contributed by atoms with Gasteiger partial charge in [-0.05, 0) is 36.1 Å². The Balaban J connectivity index is 2.09. The van der Waals surface area contributed by atoms with Gasteiger partial charge in [0.1, 0.15) is 0 Å². The van der Waals surface area contributed by atoms with Crippen LogP contribution in [0.4, 0.5) is 11.4 Å². The van der Waals surface area contributed by atoms with E-state index in [1.165, 1.54) is 18.2 Å². The molecule has 0 aliphatic carbocycles. The summed E-state index contributed by atoms with van der Waals surface area (Å²) in [5.74, 6) is -0.697. The second-order valence-electron chi connectivity index (χ2n) is 5.60. The van der Waals surface area contributed by atoms with Crippen molar-refractivity contribution in [3.05, 3.63) is 59.2 Å². The van der Waals surface area contributed by atoms with Crippen LogP contribution in [-0.4, -0.2) is 25.5 Å². The topological polar surface area (TPSA) is 67.4 Å². The summed E-state index contributed by atoms with van der Waals surface area (Å²) in [5.41, 5.74) is 4.16. The van der Waals surface area contributed by atoms with Crippen molar-refractivity contribution in [2.45, 2.75) is 26.7 Å². The molecule has 0 unspecified atom stereocenters. The molecule has 5 nitrogen and oxygen atoms in total. The van der Waals surface area contributed by atoms with Crippen molar-refractivity contribution in [1.82, 2.24) is 0 Å². The van der Waals surface area contributed by atoms with Gasteiger partial charge in [0, 0.05) is 5.69 Å². The number of carbonyl (C=O) groups excluding carboxylic acids is 2. The fraction of sp³-hybridized carbons (Fsp3) is 0.300. The summed E-state index contributed by atoms with van der Waals surface area (Å²) in [6, 6.07) is 13.0. The molecule has 0 fully saturated rings. The first-order valence-corrected chi connectivity index (χ1v) is 8.42. The lowest BCUT2D eigenvalue weighted by Crippen LogP contribution is -2.24. The van der Waals surface area contributed by atoms with Crippen molar-refractivity contribution in [2.24, 2.45) is 0 Å². The summed E-state index contributed by atoms with van der Waals surface area (Å²) < 4.78 is 4.74. The third-order valence-electron chi connectivity index (χ3n) is 4.03. The van der Waals surface area contributed by atoms with Crippen LogP contribution >= 0.6 is 0 Å². The van der Waals surface area contributed by atoms with E-state index in [2.05, 4.69) is 36.6 Å². The van der Waals surface area contributed by atoms with Crippen LogP contribution < -0.4 is 10.6 Å². The monoisotopic (exact) mass is 340 g/mol. The molecule has 0 aliphatic heterocycles. The highest BCUT2D eigenvalue weighted by molar-refractivity contribution is 6.02. The molecule has 0 bridgehead atoms. The van der Waals surface area contributed by atoms with Crippen LogP contribution in [0.2, 0.25) is 0 Å². The van der Waals surface area contributed by atoms with Crippen LogP contribution in [0.3, 0.4) is 0 Å². The molecule has 0 atom stereocenters. The van der Waals surface area contributed by atoms with Gasteiger partial charge >= 0.3 is 5.97 Å². The van der Waals surface area contributed by atoms with E-state index in [0.29, 0.717) is 11.3 Å². The number of benzene rings is 2. The first-order valence-electron chi connectivity index (χ1n) is 8.42. The maximum absolute atomic E-state index is 12.3. The summed E-state index contributed by atoms with van der Waals surface area (Å²) in [6.07, 6.45) is 1.78. The molecule has 0 aromatic heterocycles. The van der Waals surface area contributed by atoms with Gasteiger partial charge in [0.15, 0.2) is 0 Å². The Kier molecular flexibility index (Phi) is 6.57. The summed E-state index contributed by atoms with van der Waals surface area (Å²) in [7, 11) is 1.32. The summed E-state index contributed by atoms with van der Waals surface area (Å²) in [6.45, 7) is 4.30. The van der Waals surface area contributed by atoms with E-state index in [1.807, 2.05) is 6.07 Å². The number of hydrogen-bond donors (Lipinski definition) is 2. The average Bonchev–Trinajstić information content (AvgIpc) is 2.65. The number of hydrogen-bond acceptors (Lipinski definition) is 4. The largest absolute Gasteiger partial charge is 0.465 e. The summed E-state index contributed by atoms with van der Waals surface area (Å²) in [4.78, 5) is 24.1. The van der Waals surface area contributed by atoms with Crippen LogP contribution in [0.25, 0.3) is 0 Å². The van der Waals surface area contributed by atoms with Gasteiger partial charge in [0.2, 0.25) is 5.91 Å². The lowest BCUT2D eigenvalue weighted by Gasteiger charge is -2.16. The van der Waals surface area contributed by atoms with Crippen LogP contribution in [0.5, 0.6) is 0 Å². The third-order valence-corrected chi connectivity index (χ3v) is 4.03. The molecule has 0 saturated carbocycles. The van der Waals surface area contributed by atoms with Crippen molar-refractivity contribution in [3.8, 4) is 0 Å². The van der Waals surface area contributed by atoms with Gasteiger partial charge in [-0.3, -0.25) is 4.79 Å². The molecule has 2 aromatic carbocycles. The number of esters is 1. The van der Waals surface area contributed by atoms with Crippen LogP contribution in [0, 0.1) is 0 Å². The standard InChI is InChI=1S/C20H24N2O3/c1-4-14-9-8-10-15(5-2)19(14)21-13-18(23)22-17-12-7-6-11-16(17)20(24)25-3/h6-12,21H,4-5,13H2,1-3H3,(H,22,23). The first-order chi connectivity index (χ1) is 12.1. The molecule has 0 heterocycles. The Morgan fingerprint density at radius 2 is 1.60 bits per heavy atom. The summed E-state index contributed by atoms with van der Waals surface area (Å²) in [5, 5.41) is 6.01. The van der Waals surface area contributed by atoms with E-state index >= 15 is 0 Å². The molecule has 0 aliphatic rings. The van der Waals surface area contributed by atoms with Crippen molar-refractivity contribution >= 4 is 23.3 Å². The maximum atomic E-state index is 12.3. The lowest BCUT2D eigenvalue weighted by atomic mass is 10.0. The van der Waals surface area contributed by atoms with E-state index in [0.717, 1.165) is 18.5 Å². The lowest BCUT2D eigenvalue weighted by molar-refractivity contribution is -0.114. The number of anilines is 2. The van der Waals surface area contributed by atoms with Gasteiger partial charge in [-0.1, -0.05) is 44.2 Å². The molecule has 2 rings (SSSR count). The Hall–Kier alpha value is -2.82. The molecule has 132 valence electrons. The fourth-order valence-corrected chi connectivity index (χ4v) is 2.71. The molecule has 0 saturated heterocycles. The van der Waals surface area contributed by atoms with Gasteiger partial charge in [0.25, 0.3) is 0 Å². The predicted molar refractivity (Wildman–Crippen MR) is 100 cm³/mol. The second kappa shape index (κ2) is 8.87. The fourth-order valence-electron chi connectivity index (χ4n) is 2.71. The SMILES string of the molecule is CCc1cccc(CC)c1NCC(=O)Nc1ccccc1C(=O)OC. The number of carbonyl (C=O) groups is 2.